The highest BCUT2D eigenvalue weighted by Gasteiger charge is 2.11. The Morgan fingerprint density at radius 3 is 2.82 bits per heavy atom. The molecule has 0 aliphatic carbocycles. The molecule has 1 aromatic rings. The number of hydrogen-bond acceptors (Lipinski definition) is 3. The Hall–Kier alpha value is -0.750. The number of hydrogen-bond donors (Lipinski definition) is 1. The summed E-state index contributed by atoms with van der Waals surface area (Å²) in [5, 5.41) is 2.88. The van der Waals surface area contributed by atoms with Gasteiger partial charge in [0.05, 0.1) is 4.47 Å². The highest BCUT2D eigenvalue weighted by Crippen LogP contribution is 2.12. The molecule has 1 heterocycles. The molecular formula is C11H15BrN2O2S. The smallest absolute Gasteiger partial charge is 0.225 e. The van der Waals surface area contributed by atoms with Gasteiger partial charge in [0.15, 0.2) is 0 Å². The van der Waals surface area contributed by atoms with Gasteiger partial charge in [0.25, 0.3) is 0 Å². The van der Waals surface area contributed by atoms with E-state index in [4.69, 9.17) is 0 Å². The van der Waals surface area contributed by atoms with Crippen molar-refractivity contribution in [3.8, 4) is 0 Å². The molecule has 0 aliphatic heterocycles. The zero-order valence-electron chi connectivity index (χ0n) is 9.99. The molecule has 6 heteroatoms. The van der Waals surface area contributed by atoms with Crippen molar-refractivity contribution in [2.45, 2.75) is 18.6 Å². The largest absolute Gasteiger partial charge is 0.354 e. The third-order valence-electron chi connectivity index (χ3n) is 2.26. The van der Waals surface area contributed by atoms with Crippen LogP contribution in [0.1, 0.15) is 13.3 Å². The van der Waals surface area contributed by atoms with E-state index in [0.29, 0.717) is 16.6 Å². The Kier molecular flexibility index (Phi) is 5.27. The van der Waals surface area contributed by atoms with Gasteiger partial charge in [-0.25, -0.2) is 0 Å². The summed E-state index contributed by atoms with van der Waals surface area (Å²) in [7, 11) is 1.80. The fourth-order valence-electron chi connectivity index (χ4n) is 1.30. The van der Waals surface area contributed by atoms with E-state index in [2.05, 4.69) is 21.2 Å². The number of rotatable bonds is 4. The summed E-state index contributed by atoms with van der Waals surface area (Å²) in [4.78, 5) is 23.4. The van der Waals surface area contributed by atoms with Gasteiger partial charge in [-0.3, -0.25) is 9.59 Å². The molecule has 0 unspecified atom stereocenters. The minimum atomic E-state index is -0.201. The maximum atomic E-state index is 11.7. The van der Waals surface area contributed by atoms with Gasteiger partial charge in [-0.05, 0) is 22.2 Å². The second-order valence-electron chi connectivity index (χ2n) is 3.81. The number of nitrogens with zero attached hydrogens (tertiary/aromatic N) is 1. The predicted octanol–water partition coefficient (Wildman–Crippen LogP) is 2.23. The molecule has 1 aromatic heterocycles. The van der Waals surface area contributed by atoms with Crippen LogP contribution in [-0.2, 0) is 11.8 Å². The summed E-state index contributed by atoms with van der Waals surface area (Å²) in [6.07, 6.45) is 5.62. The number of amides is 1. The van der Waals surface area contributed by atoms with E-state index in [0.717, 1.165) is 0 Å². The minimum absolute atomic E-state index is 0.137. The van der Waals surface area contributed by atoms with E-state index in [1.54, 1.807) is 35.8 Å². The molecule has 1 atom stereocenters. The first kappa shape index (κ1) is 14.3. The highest BCUT2D eigenvalue weighted by atomic mass is 79.9. The number of carbonyl (C=O) groups is 1. The Bertz CT molecular complexity index is 473. The fourth-order valence-corrected chi connectivity index (χ4v) is 2.15. The number of pyridine rings is 1. The average Bonchev–Trinajstić information content (AvgIpc) is 2.24. The molecule has 0 spiro atoms. The zero-order valence-corrected chi connectivity index (χ0v) is 12.4. The Morgan fingerprint density at radius 2 is 2.24 bits per heavy atom. The summed E-state index contributed by atoms with van der Waals surface area (Å²) in [5.74, 6) is -0.137. The number of halogens is 1. The first-order chi connectivity index (χ1) is 7.93. The van der Waals surface area contributed by atoms with Crippen LogP contribution in [0.3, 0.4) is 0 Å². The van der Waals surface area contributed by atoms with Crippen LogP contribution in [0, 0.1) is 0 Å². The number of thioether (sulfide) groups is 1. The van der Waals surface area contributed by atoms with Crippen LogP contribution in [0.4, 0.5) is 5.69 Å². The van der Waals surface area contributed by atoms with Crippen molar-refractivity contribution in [1.82, 2.24) is 4.57 Å². The summed E-state index contributed by atoms with van der Waals surface area (Å²) in [6, 6.07) is 0. The topological polar surface area (TPSA) is 51.1 Å². The molecule has 0 aliphatic rings. The third-order valence-corrected chi connectivity index (χ3v) is 3.80. The van der Waals surface area contributed by atoms with Crippen LogP contribution < -0.4 is 10.7 Å². The fraction of sp³-hybridized carbons (Fsp3) is 0.455. The predicted molar refractivity (Wildman–Crippen MR) is 75.6 cm³/mol. The van der Waals surface area contributed by atoms with E-state index in [9.17, 15) is 9.59 Å². The van der Waals surface area contributed by atoms with Crippen molar-refractivity contribution >= 4 is 39.3 Å². The Labute approximate surface area is 113 Å². The van der Waals surface area contributed by atoms with E-state index in [1.807, 2.05) is 13.2 Å². The van der Waals surface area contributed by atoms with E-state index in [1.165, 1.54) is 0 Å². The molecule has 1 amide bonds. The van der Waals surface area contributed by atoms with Crippen LogP contribution in [-0.4, -0.2) is 22.0 Å². The van der Waals surface area contributed by atoms with Crippen LogP contribution in [0.2, 0.25) is 0 Å². The summed E-state index contributed by atoms with van der Waals surface area (Å²) in [5.41, 5.74) is 0.105. The highest BCUT2D eigenvalue weighted by molar-refractivity contribution is 9.10. The van der Waals surface area contributed by atoms with Gasteiger partial charge in [0, 0.05) is 31.1 Å². The van der Waals surface area contributed by atoms with Crippen molar-refractivity contribution < 1.29 is 4.79 Å². The lowest BCUT2D eigenvalue weighted by Crippen LogP contribution is -2.22. The van der Waals surface area contributed by atoms with Crippen molar-refractivity contribution in [3.05, 3.63) is 27.1 Å². The molecule has 0 fully saturated rings. The van der Waals surface area contributed by atoms with E-state index >= 15 is 0 Å². The minimum Gasteiger partial charge on any atom is -0.354 e. The molecule has 94 valence electrons. The van der Waals surface area contributed by atoms with Crippen molar-refractivity contribution in [1.29, 1.82) is 0 Å². The number of nitrogens with one attached hydrogen (secondary N) is 1. The molecule has 17 heavy (non-hydrogen) atoms. The van der Waals surface area contributed by atoms with Crippen LogP contribution in [0.5, 0.6) is 0 Å². The lowest BCUT2D eigenvalue weighted by atomic mass is 10.3. The standard InChI is InChI=1S/C11H15BrN2O2S/c1-7(17-3)4-10(15)13-9-6-14(2)5-8(12)11(9)16/h5-7H,4H2,1-3H3,(H,13,15)/t7-/m1/s1. The van der Waals surface area contributed by atoms with Crippen LogP contribution >= 0.6 is 27.7 Å². The summed E-state index contributed by atoms with van der Waals surface area (Å²) >= 11 is 4.78. The lowest BCUT2D eigenvalue weighted by molar-refractivity contribution is -0.116. The van der Waals surface area contributed by atoms with Gasteiger partial charge in [0.1, 0.15) is 5.69 Å². The SMILES string of the molecule is CS[C@H](C)CC(=O)Nc1cn(C)cc(Br)c1=O. The van der Waals surface area contributed by atoms with Crippen molar-refractivity contribution in [2.75, 3.05) is 11.6 Å². The second kappa shape index (κ2) is 6.26. The summed E-state index contributed by atoms with van der Waals surface area (Å²) < 4.78 is 2.16. The number of anilines is 1. The molecule has 1 N–H and O–H groups in total. The molecule has 4 nitrogen and oxygen atoms in total. The quantitative estimate of drug-likeness (QED) is 0.926. The van der Waals surface area contributed by atoms with Crippen LogP contribution in [0.15, 0.2) is 21.7 Å². The van der Waals surface area contributed by atoms with Gasteiger partial charge in [-0.1, -0.05) is 6.92 Å². The lowest BCUT2D eigenvalue weighted by Gasteiger charge is -2.10. The van der Waals surface area contributed by atoms with E-state index < -0.39 is 0 Å². The monoisotopic (exact) mass is 318 g/mol. The molecule has 0 radical (unpaired) electrons. The molecule has 0 saturated carbocycles. The van der Waals surface area contributed by atoms with Crippen molar-refractivity contribution in [3.63, 3.8) is 0 Å². The third kappa shape index (κ3) is 4.20. The molecule has 0 saturated heterocycles. The molecule has 0 aromatic carbocycles. The van der Waals surface area contributed by atoms with Gasteiger partial charge in [-0.2, -0.15) is 11.8 Å². The first-order valence-corrected chi connectivity index (χ1v) is 7.20. The number of carbonyl (C=O) groups excluding carboxylic acids is 1. The molecule has 1 rings (SSSR count). The first-order valence-electron chi connectivity index (χ1n) is 5.12. The van der Waals surface area contributed by atoms with Gasteiger partial charge < -0.3 is 9.88 Å². The molecular weight excluding hydrogens is 304 g/mol. The van der Waals surface area contributed by atoms with Gasteiger partial charge >= 0.3 is 0 Å². The Morgan fingerprint density at radius 1 is 1.59 bits per heavy atom. The van der Waals surface area contributed by atoms with E-state index in [-0.39, 0.29) is 16.6 Å². The van der Waals surface area contributed by atoms with Crippen LogP contribution in [0.25, 0.3) is 0 Å². The normalized spacial score (nSPS) is 12.2. The number of aryl methyl sites for hydroxylation is 1. The molecule has 0 bridgehead atoms. The van der Waals surface area contributed by atoms with Crippen molar-refractivity contribution in [2.24, 2.45) is 7.05 Å². The maximum Gasteiger partial charge on any atom is 0.225 e. The number of aromatic nitrogens is 1. The van der Waals surface area contributed by atoms with Gasteiger partial charge in [-0.15, -0.1) is 0 Å². The zero-order chi connectivity index (χ0) is 13.0. The average molecular weight is 319 g/mol. The Balaban J connectivity index is 2.82. The maximum absolute atomic E-state index is 11.7. The van der Waals surface area contributed by atoms with Gasteiger partial charge in [0.2, 0.25) is 11.3 Å². The second-order valence-corrected chi connectivity index (χ2v) is 5.94. The summed E-state index contributed by atoms with van der Waals surface area (Å²) in [6.45, 7) is 1.98.